The highest BCUT2D eigenvalue weighted by Crippen LogP contribution is 2.38. The second kappa shape index (κ2) is 9.97. The fraction of sp³-hybridized carbons (Fsp3) is 0.344. The largest absolute Gasteiger partial charge is 0.450 e. The molecule has 5 nitrogen and oxygen atoms in total. The number of carbonyl (C=O) groups excluding carboxylic acids is 1. The maximum absolute atomic E-state index is 12.8. The molecule has 190 valence electrons. The van der Waals surface area contributed by atoms with Crippen molar-refractivity contribution in [2.45, 2.75) is 31.8 Å². The smallest absolute Gasteiger partial charge is 0.339 e. The third-order valence-corrected chi connectivity index (χ3v) is 7.93. The van der Waals surface area contributed by atoms with Crippen molar-refractivity contribution < 1.29 is 9.53 Å². The molecule has 6 rings (SSSR count). The summed E-state index contributed by atoms with van der Waals surface area (Å²) in [4.78, 5) is 19.7. The van der Waals surface area contributed by atoms with E-state index in [0.717, 1.165) is 54.1 Å². The van der Waals surface area contributed by atoms with Gasteiger partial charge in [-0.05, 0) is 84.9 Å². The van der Waals surface area contributed by atoms with Crippen molar-refractivity contribution in [2.75, 3.05) is 55.0 Å². The highest BCUT2D eigenvalue weighted by atomic mass is 16.5. The summed E-state index contributed by atoms with van der Waals surface area (Å²) < 4.78 is 5.90. The zero-order valence-electron chi connectivity index (χ0n) is 21.8. The van der Waals surface area contributed by atoms with Gasteiger partial charge in [-0.1, -0.05) is 30.3 Å². The van der Waals surface area contributed by atoms with E-state index in [1.807, 2.05) is 31.1 Å². The van der Waals surface area contributed by atoms with Crippen LogP contribution in [0, 0.1) is 0 Å². The molecule has 2 fully saturated rings. The Balaban J connectivity index is 1.37. The summed E-state index contributed by atoms with van der Waals surface area (Å²) in [6.07, 6.45) is 6.76. The number of hydrogen-bond donors (Lipinski definition) is 0. The quantitative estimate of drug-likeness (QED) is 0.377. The van der Waals surface area contributed by atoms with Crippen LogP contribution in [0.5, 0.6) is 0 Å². The van der Waals surface area contributed by atoms with Crippen LogP contribution < -0.4 is 14.7 Å². The van der Waals surface area contributed by atoms with Crippen LogP contribution in [-0.2, 0) is 4.74 Å². The van der Waals surface area contributed by atoms with Crippen molar-refractivity contribution in [3.8, 4) is 0 Å². The van der Waals surface area contributed by atoms with E-state index in [4.69, 9.17) is 4.74 Å². The molecular formula is C32H35N3O2. The number of benzene rings is 3. The van der Waals surface area contributed by atoms with E-state index >= 15 is 0 Å². The maximum Gasteiger partial charge on any atom is 0.339 e. The molecule has 3 aromatic carbocycles. The van der Waals surface area contributed by atoms with Gasteiger partial charge in [0.1, 0.15) is 6.10 Å². The number of esters is 1. The minimum atomic E-state index is -0.412. The first-order valence-electron chi connectivity index (χ1n) is 13.5. The number of cyclic esters (lactones) is 1. The summed E-state index contributed by atoms with van der Waals surface area (Å²) in [6, 6.07) is 23.8. The molecule has 3 aliphatic heterocycles. The van der Waals surface area contributed by atoms with Gasteiger partial charge in [0.25, 0.3) is 0 Å². The average molecular weight is 494 g/mol. The van der Waals surface area contributed by atoms with E-state index in [1.165, 1.54) is 37.1 Å². The van der Waals surface area contributed by atoms with Crippen LogP contribution in [0.4, 0.5) is 17.1 Å². The van der Waals surface area contributed by atoms with Crippen molar-refractivity contribution in [1.82, 2.24) is 0 Å². The second-order valence-corrected chi connectivity index (χ2v) is 10.6. The van der Waals surface area contributed by atoms with Crippen LogP contribution in [0.15, 0.2) is 72.8 Å². The standard InChI is InChI=1S/C32H35N3O2/c1-33(2)27-15-16-28-30(21-27)32(36)37-31(28)22-29(23-7-11-25(12-8-23)34-17-3-4-18-34)24-9-13-26(14-10-24)35-19-5-6-20-35/h7-16,21-22,31H,3-6,17-20H2,1-2H3. The normalized spacial score (nSPS) is 18.6. The third-order valence-electron chi connectivity index (χ3n) is 7.93. The van der Waals surface area contributed by atoms with E-state index in [0.29, 0.717) is 5.56 Å². The van der Waals surface area contributed by atoms with Crippen molar-refractivity contribution in [3.63, 3.8) is 0 Å². The van der Waals surface area contributed by atoms with E-state index in [-0.39, 0.29) is 5.97 Å². The van der Waals surface area contributed by atoms with E-state index in [2.05, 4.69) is 70.5 Å². The monoisotopic (exact) mass is 493 g/mol. The van der Waals surface area contributed by atoms with Crippen molar-refractivity contribution in [3.05, 3.63) is 95.1 Å². The molecule has 1 atom stereocenters. The summed E-state index contributed by atoms with van der Waals surface area (Å²) in [5.41, 5.74) is 8.48. The number of nitrogens with zero attached hydrogens (tertiary/aromatic N) is 3. The van der Waals surface area contributed by atoms with Gasteiger partial charge in [0.2, 0.25) is 0 Å². The SMILES string of the molecule is CN(C)c1ccc2c(c1)C(=O)OC2C=C(c1ccc(N2CCCC2)cc1)c1ccc(N2CCCC2)cc1. The molecule has 0 bridgehead atoms. The molecule has 0 aromatic heterocycles. The molecule has 3 aromatic rings. The predicted molar refractivity (Wildman–Crippen MR) is 152 cm³/mol. The number of hydrogen-bond acceptors (Lipinski definition) is 5. The first kappa shape index (κ1) is 23.7. The number of anilines is 3. The minimum Gasteiger partial charge on any atom is -0.450 e. The Labute approximate surface area is 220 Å². The van der Waals surface area contributed by atoms with Crippen LogP contribution in [0.3, 0.4) is 0 Å². The molecule has 0 amide bonds. The van der Waals surface area contributed by atoms with E-state index in [9.17, 15) is 4.79 Å². The Bertz CT molecular complexity index is 1240. The lowest BCUT2D eigenvalue weighted by atomic mass is 9.93. The minimum absolute atomic E-state index is 0.256. The molecule has 0 aliphatic carbocycles. The molecule has 3 aliphatic rings. The topological polar surface area (TPSA) is 36.0 Å². The zero-order valence-corrected chi connectivity index (χ0v) is 21.8. The fourth-order valence-corrected chi connectivity index (χ4v) is 5.78. The molecule has 5 heteroatoms. The van der Waals surface area contributed by atoms with E-state index in [1.54, 1.807) is 0 Å². The molecular weight excluding hydrogens is 458 g/mol. The number of rotatable bonds is 6. The van der Waals surface area contributed by atoms with Gasteiger partial charge in [-0.2, -0.15) is 0 Å². The molecule has 2 saturated heterocycles. The number of carbonyl (C=O) groups is 1. The Morgan fingerprint density at radius 1 is 0.784 bits per heavy atom. The average Bonchev–Trinajstić information content (AvgIpc) is 3.70. The second-order valence-electron chi connectivity index (χ2n) is 10.6. The fourth-order valence-electron chi connectivity index (χ4n) is 5.78. The van der Waals surface area contributed by atoms with Crippen molar-refractivity contribution >= 4 is 28.6 Å². The summed E-state index contributed by atoms with van der Waals surface area (Å²) in [6.45, 7) is 4.51. The van der Waals surface area contributed by atoms with Crippen LogP contribution in [0.25, 0.3) is 5.57 Å². The van der Waals surface area contributed by atoms with Crippen LogP contribution in [0.1, 0.15) is 58.8 Å². The van der Waals surface area contributed by atoms with E-state index < -0.39 is 6.10 Å². The molecule has 37 heavy (non-hydrogen) atoms. The van der Waals surface area contributed by atoms with Crippen LogP contribution in [0.2, 0.25) is 0 Å². The molecule has 0 N–H and O–H groups in total. The van der Waals surface area contributed by atoms with Gasteiger partial charge >= 0.3 is 5.97 Å². The summed E-state index contributed by atoms with van der Waals surface area (Å²) in [7, 11) is 3.96. The third kappa shape index (κ3) is 4.71. The lowest BCUT2D eigenvalue weighted by Gasteiger charge is -2.20. The molecule has 0 saturated carbocycles. The molecule has 0 radical (unpaired) electrons. The van der Waals surface area contributed by atoms with Gasteiger partial charge in [0.15, 0.2) is 0 Å². The van der Waals surface area contributed by atoms with Gasteiger partial charge in [0.05, 0.1) is 5.56 Å². The number of fused-ring (bicyclic) bond motifs is 1. The van der Waals surface area contributed by atoms with Crippen LogP contribution in [-0.4, -0.2) is 46.2 Å². The first-order chi connectivity index (χ1) is 18.1. The maximum atomic E-state index is 12.8. The van der Waals surface area contributed by atoms with Crippen molar-refractivity contribution in [1.29, 1.82) is 0 Å². The Hall–Kier alpha value is -3.73. The first-order valence-corrected chi connectivity index (χ1v) is 13.5. The summed E-state index contributed by atoms with van der Waals surface area (Å²) in [5.74, 6) is -0.256. The lowest BCUT2D eigenvalue weighted by Crippen LogP contribution is -2.17. The van der Waals surface area contributed by atoms with Gasteiger partial charge in [-0.15, -0.1) is 0 Å². The highest BCUT2D eigenvalue weighted by Gasteiger charge is 2.31. The summed E-state index contributed by atoms with van der Waals surface area (Å²) in [5, 5.41) is 0. The lowest BCUT2D eigenvalue weighted by molar-refractivity contribution is 0.0468. The zero-order chi connectivity index (χ0) is 25.4. The van der Waals surface area contributed by atoms with Gasteiger partial charge in [0, 0.05) is 62.9 Å². The van der Waals surface area contributed by atoms with Gasteiger partial charge in [-0.25, -0.2) is 4.79 Å². The molecule has 0 spiro atoms. The highest BCUT2D eigenvalue weighted by molar-refractivity contribution is 5.96. The van der Waals surface area contributed by atoms with Crippen LogP contribution >= 0.6 is 0 Å². The Morgan fingerprint density at radius 2 is 1.30 bits per heavy atom. The predicted octanol–water partition coefficient (Wildman–Crippen LogP) is 6.30. The Morgan fingerprint density at radius 3 is 1.78 bits per heavy atom. The van der Waals surface area contributed by atoms with Crippen molar-refractivity contribution in [2.24, 2.45) is 0 Å². The van der Waals surface area contributed by atoms with Gasteiger partial charge < -0.3 is 19.4 Å². The molecule has 1 unspecified atom stereocenters. The van der Waals surface area contributed by atoms with Gasteiger partial charge in [-0.3, -0.25) is 0 Å². The summed E-state index contributed by atoms with van der Waals surface area (Å²) >= 11 is 0. The number of ether oxygens (including phenoxy) is 1. The molecule has 3 heterocycles. The Kier molecular flexibility index (Phi) is 6.37.